The number of carbonyl (C=O) groups excluding carboxylic acids is 1. The van der Waals surface area contributed by atoms with Crippen LogP contribution in [0.3, 0.4) is 0 Å². The van der Waals surface area contributed by atoms with Gasteiger partial charge in [0.05, 0.1) is 12.2 Å². The number of carbonyl (C=O) groups is 1. The zero-order chi connectivity index (χ0) is 18.4. The third-order valence-corrected chi connectivity index (χ3v) is 4.09. The summed E-state index contributed by atoms with van der Waals surface area (Å²) in [6.45, 7) is 7.23. The van der Waals surface area contributed by atoms with Crippen LogP contribution in [0.1, 0.15) is 36.7 Å². The first-order valence-corrected chi connectivity index (χ1v) is 8.84. The van der Waals surface area contributed by atoms with Crippen LogP contribution in [-0.2, 0) is 10.2 Å². The topological polar surface area (TPSA) is 44.8 Å². The second-order valence-electron chi connectivity index (χ2n) is 6.65. The lowest BCUT2D eigenvalue weighted by Crippen LogP contribution is -2.16. The number of rotatable bonds is 6. The minimum Gasteiger partial charge on any atom is -0.491 e. The summed E-state index contributed by atoms with van der Waals surface area (Å²) in [6, 6.07) is 12.5. The fraction of sp³-hybridized carbons (Fsp3) is 0.350. The lowest BCUT2D eigenvalue weighted by Gasteiger charge is -2.22. The Morgan fingerprint density at radius 2 is 1.72 bits per heavy atom. The molecule has 0 bridgehead atoms. The minimum atomic E-state index is -0.392. The van der Waals surface area contributed by atoms with E-state index in [2.05, 4.69) is 36.7 Å². The highest BCUT2D eigenvalue weighted by Crippen LogP contribution is 2.34. The maximum Gasteiger partial charge on any atom is 0.343 e. The van der Waals surface area contributed by atoms with Crippen LogP contribution in [0.5, 0.6) is 11.5 Å². The Morgan fingerprint density at radius 1 is 1.04 bits per heavy atom. The molecule has 0 spiro atoms. The molecule has 0 aromatic heterocycles. The van der Waals surface area contributed by atoms with Crippen molar-refractivity contribution in [2.45, 2.75) is 26.2 Å². The summed E-state index contributed by atoms with van der Waals surface area (Å²) in [4.78, 5) is 12.5. The Labute approximate surface area is 157 Å². The van der Waals surface area contributed by atoms with Crippen LogP contribution in [0.4, 0.5) is 0 Å². The SMILES string of the molecule is COCCOc1ccc(C(=O)Oc2ccc(Br)cc2C(C)(C)C)cc1. The van der Waals surface area contributed by atoms with E-state index in [9.17, 15) is 4.79 Å². The van der Waals surface area contributed by atoms with E-state index in [1.54, 1.807) is 31.4 Å². The van der Waals surface area contributed by atoms with Gasteiger partial charge in [-0.2, -0.15) is 0 Å². The smallest absolute Gasteiger partial charge is 0.343 e. The number of hydrogen-bond acceptors (Lipinski definition) is 4. The Hall–Kier alpha value is -1.85. The van der Waals surface area contributed by atoms with E-state index < -0.39 is 5.97 Å². The first-order valence-electron chi connectivity index (χ1n) is 8.05. The van der Waals surface area contributed by atoms with Gasteiger partial charge < -0.3 is 14.2 Å². The second-order valence-corrected chi connectivity index (χ2v) is 7.56. The molecule has 0 N–H and O–H groups in total. The molecular weight excluding hydrogens is 384 g/mol. The maximum atomic E-state index is 12.5. The molecule has 0 aliphatic heterocycles. The van der Waals surface area contributed by atoms with Gasteiger partial charge >= 0.3 is 5.97 Å². The predicted molar refractivity (Wildman–Crippen MR) is 102 cm³/mol. The molecule has 0 heterocycles. The van der Waals surface area contributed by atoms with Gasteiger partial charge in [-0.25, -0.2) is 4.79 Å². The molecule has 0 unspecified atom stereocenters. The quantitative estimate of drug-likeness (QED) is 0.385. The highest BCUT2D eigenvalue weighted by molar-refractivity contribution is 9.10. The molecule has 134 valence electrons. The number of benzene rings is 2. The van der Waals surface area contributed by atoms with E-state index in [4.69, 9.17) is 14.2 Å². The first kappa shape index (κ1) is 19.5. The lowest BCUT2D eigenvalue weighted by atomic mass is 9.86. The number of hydrogen-bond donors (Lipinski definition) is 0. The molecule has 4 nitrogen and oxygen atoms in total. The van der Waals surface area contributed by atoms with Crippen molar-refractivity contribution in [3.8, 4) is 11.5 Å². The lowest BCUT2D eigenvalue weighted by molar-refractivity contribution is 0.0731. The van der Waals surface area contributed by atoms with Crippen LogP contribution in [0, 0.1) is 0 Å². The van der Waals surface area contributed by atoms with Crippen molar-refractivity contribution >= 4 is 21.9 Å². The van der Waals surface area contributed by atoms with Crippen LogP contribution in [0.2, 0.25) is 0 Å². The van der Waals surface area contributed by atoms with E-state index >= 15 is 0 Å². The summed E-state index contributed by atoms with van der Waals surface area (Å²) in [5.74, 6) is 0.866. The average molecular weight is 407 g/mol. The highest BCUT2D eigenvalue weighted by Gasteiger charge is 2.21. The monoisotopic (exact) mass is 406 g/mol. The third kappa shape index (κ3) is 5.58. The summed E-state index contributed by atoms with van der Waals surface area (Å²) < 4.78 is 17.0. The molecule has 0 saturated carbocycles. The molecular formula is C20H23BrO4. The van der Waals surface area contributed by atoms with Gasteiger partial charge in [-0.05, 0) is 47.9 Å². The third-order valence-electron chi connectivity index (χ3n) is 3.60. The van der Waals surface area contributed by atoms with E-state index in [1.165, 1.54) is 0 Å². The Kier molecular flexibility index (Phi) is 6.62. The van der Waals surface area contributed by atoms with E-state index in [1.807, 2.05) is 18.2 Å². The molecule has 25 heavy (non-hydrogen) atoms. The standard InChI is InChI=1S/C20H23BrO4/c1-20(2,3)17-13-15(21)7-10-18(17)25-19(22)14-5-8-16(9-6-14)24-12-11-23-4/h5-10,13H,11-12H2,1-4H3. The summed E-state index contributed by atoms with van der Waals surface area (Å²) in [5.41, 5.74) is 1.30. The number of ether oxygens (including phenoxy) is 3. The molecule has 0 amide bonds. The Balaban J connectivity index is 2.12. The van der Waals surface area contributed by atoms with Gasteiger partial charge in [-0.1, -0.05) is 36.7 Å². The molecule has 0 saturated heterocycles. The van der Waals surface area contributed by atoms with E-state index in [-0.39, 0.29) is 5.41 Å². The molecule has 0 atom stereocenters. The van der Waals surface area contributed by atoms with Crippen LogP contribution >= 0.6 is 15.9 Å². The molecule has 0 radical (unpaired) electrons. The Morgan fingerprint density at radius 3 is 2.32 bits per heavy atom. The minimum absolute atomic E-state index is 0.140. The number of halogens is 1. The number of methoxy groups -OCH3 is 1. The maximum absolute atomic E-state index is 12.5. The van der Waals surface area contributed by atoms with Gasteiger partial charge in [-0.15, -0.1) is 0 Å². The highest BCUT2D eigenvalue weighted by atomic mass is 79.9. The molecule has 2 rings (SSSR count). The van der Waals surface area contributed by atoms with Crippen molar-refractivity contribution in [1.29, 1.82) is 0 Å². The molecule has 0 aliphatic carbocycles. The van der Waals surface area contributed by atoms with Gasteiger partial charge in [0.25, 0.3) is 0 Å². The van der Waals surface area contributed by atoms with Crippen LogP contribution in [-0.4, -0.2) is 26.3 Å². The summed E-state index contributed by atoms with van der Waals surface area (Å²) >= 11 is 3.47. The molecule has 0 fully saturated rings. The molecule has 2 aromatic rings. The summed E-state index contributed by atoms with van der Waals surface area (Å²) in [7, 11) is 1.62. The fourth-order valence-corrected chi connectivity index (χ4v) is 2.63. The van der Waals surface area contributed by atoms with Gasteiger partial charge in [-0.3, -0.25) is 0 Å². The van der Waals surface area contributed by atoms with Crippen molar-refractivity contribution in [2.75, 3.05) is 20.3 Å². The number of esters is 1. The van der Waals surface area contributed by atoms with Crippen LogP contribution in [0.25, 0.3) is 0 Å². The summed E-state index contributed by atoms with van der Waals surface area (Å²) in [6.07, 6.45) is 0. The van der Waals surface area contributed by atoms with Gasteiger partial charge in [0.15, 0.2) is 0 Å². The molecule has 2 aromatic carbocycles. The predicted octanol–water partition coefficient (Wildman–Crippen LogP) is 4.99. The zero-order valence-electron chi connectivity index (χ0n) is 15.0. The van der Waals surface area contributed by atoms with Crippen molar-refractivity contribution in [3.05, 3.63) is 58.1 Å². The van der Waals surface area contributed by atoms with Crippen molar-refractivity contribution in [2.24, 2.45) is 0 Å². The van der Waals surface area contributed by atoms with Crippen molar-refractivity contribution in [3.63, 3.8) is 0 Å². The summed E-state index contributed by atoms with van der Waals surface area (Å²) in [5, 5.41) is 0. The van der Waals surface area contributed by atoms with Crippen LogP contribution < -0.4 is 9.47 Å². The van der Waals surface area contributed by atoms with Crippen molar-refractivity contribution < 1.29 is 19.0 Å². The van der Waals surface area contributed by atoms with Gasteiger partial charge in [0.2, 0.25) is 0 Å². The van der Waals surface area contributed by atoms with Gasteiger partial charge in [0.1, 0.15) is 18.1 Å². The van der Waals surface area contributed by atoms with Gasteiger partial charge in [0, 0.05) is 17.1 Å². The molecule has 5 heteroatoms. The van der Waals surface area contributed by atoms with E-state index in [0.717, 1.165) is 10.0 Å². The van der Waals surface area contributed by atoms with E-state index in [0.29, 0.717) is 30.3 Å². The van der Waals surface area contributed by atoms with Crippen LogP contribution in [0.15, 0.2) is 46.9 Å². The molecule has 0 aliphatic rings. The Bertz CT molecular complexity index is 717. The second kappa shape index (κ2) is 8.50. The normalized spacial score (nSPS) is 11.2. The largest absolute Gasteiger partial charge is 0.491 e. The van der Waals surface area contributed by atoms with Crippen molar-refractivity contribution in [1.82, 2.24) is 0 Å². The average Bonchev–Trinajstić information content (AvgIpc) is 2.56. The first-order chi connectivity index (χ1) is 11.8. The fourth-order valence-electron chi connectivity index (χ4n) is 2.27. The zero-order valence-corrected chi connectivity index (χ0v) is 16.6.